The maximum atomic E-state index is 5.87. The number of benzene rings is 1. The van der Waals surface area contributed by atoms with Crippen LogP contribution in [-0.4, -0.2) is 11.6 Å². The van der Waals surface area contributed by atoms with Crippen LogP contribution in [-0.2, 0) is 6.42 Å². The molecule has 4 heteroatoms. The van der Waals surface area contributed by atoms with Gasteiger partial charge < -0.3 is 10.5 Å². The minimum atomic E-state index is 0.0626. The third kappa shape index (κ3) is 3.55. The molecule has 1 aromatic heterocycles. The Labute approximate surface area is 118 Å². The lowest BCUT2D eigenvalue weighted by molar-refractivity contribution is 0.320. The Bertz CT molecular complexity index is 549. The van der Waals surface area contributed by atoms with Crippen molar-refractivity contribution in [2.75, 3.05) is 6.61 Å². The quantitative estimate of drug-likeness (QED) is 0.910. The van der Waals surface area contributed by atoms with Gasteiger partial charge >= 0.3 is 0 Å². The van der Waals surface area contributed by atoms with Crippen molar-refractivity contribution in [3.8, 4) is 5.75 Å². The first kappa shape index (κ1) is 14.0. The number of aromatic nitrogens is 1. The third-order valence-corrected chi connectivity index (χ3v) is 4.15. The van der Waals surface area contributed by atoms with E-state index in [1.54, 1.807) is 11.3 Å². The molecule has 102 valence electrons. The summed E-state index contributed by atoms with van der Waals surface area (Å²) in [6.07, 6.45) is 0.908. The molecule has 2 N–H and O–H groups in total. The van der Waals surface area contributed by atoms with Gasteiger partial charge in [-0.15, -0.1) is 11.3 Å². The van der Waals surface area contributed by atoms with Gasteiger partial charge in [0.1, 0.15) is 5.75 Å². The molecule has 0 fully saturated rings. The summed E-state index contributed by atoms with van der Waals surface area (Å²) in [6, 6.07) is 6.20. The van der Waals surface area contributed by atoms with E-state index in [4.69, 9.17) is 10.5 Å². The second-order valence-corrected chi connectivity index (χ2v) is 5.71. The second-order valence-electron chi connectivity index (χ2n) is 4.77. The summed E-state index contributed by atoms with van der Waals surface area (Å²) in [5.74, 6) is 0.937. The molecule has 0 amide bonds. The molecule has 0 spiro atoms. The zero-order valence-electron chi connectivity index (χ0n) is 11.6. The largest absolute Gasteiger partial charge is 0.493 e. The van der Waals surface area contributed by atoms with E-state index in [2.05, 4.69) is 18.0 Å². The summed E-state index contributed by atoms with van der Waals surface area (Å²) in [5.41, 5.74) is 11.1. The molecule has 2 rings (SSSR count). The minimum Gasteiger partial charge on any atom is -0.493 e. The Balaban J connectivity index is 1.95. The highest BCUT2D eigenvalue weighted by molar-refractivity contribution is 7.09. The Morgan fingerprint density at radius 1 is 1.37 bits per heavy atom. The molecule has 0 saturated heterocycles. The molecular weight excluding hydrogens is 256 g/mol. The summed E-state index contributed by atoms with van der Waals surface area (Å²) in [7, 11) is 0. The van der Waals surface area contributed by atoms with Crippen molar-refractivity contribution in [1.82, 2.24) is 4.98 Å². The topological polar surface area (TPSA) is 48.1 Å². The summed E-state index contributed by atoms with van der Waals surface area (Å²) >= 11 is 1.69. The molecule has 2 aromatic rings. The van der Waals surface area contributed by atoms with Gasteiger partial charge in [0.25, 0.3) is 0 Å². The van der Waals surface area contributed by atoms with Crippen molar-refractivity contribution in [3.63, 3.8) is 0 Å². The lowest BCUT2D eigenvalue weighted by Gasteiger charge is -2.12. The molecule has 0 aliphatic carbocycles. The van der Waals surface area contributed by atoms with Crippen LogP contribution in [0.5, 0.6) is 5.75 Å². The Kier molecular flexibility index (Phi) is 4.56. The number of ether oxygens (including phenoxy) is 1. The molecule has 1 heterocycles. The molecule has 1 aromatic carbocycles. The van der Waals surface area contributed by atoms with Crippen LogP contribution < -0.4 is 10.5 Å². The molecule has 3 nitrogen and oxygen atoms in total. The predicted octanol–water partition coefficient (Wildman–Crippen LogP) is 3.40. The van der Waals surface area contributed by atoms with E-state index in [1.165, 1.54) is 4.88 Å². The highest BCUT2D eigenvalue weighted by Gasteiger charge is 2.06. The van der Waals surface area contributed by atoms with Crippen molar-refractivity contribution in [1.29, 1.82) is 0 Å². The maximum absolute atomic E-state index is 5.87. The van der Waals surface area contributed by atoms with E-state index in [-0.39, 0.29) is 6.04 Å². The monoisotopic (exact) mass is 276 g/mol. The lowest BCUT2D eigenvalue weighted by atomic mass is 10.1. The van der Waals surface area contributed by atoms with E-state index < -0.39 is 0 Å². The van der Waals surface area contributed by atoms with E-state index in [0.717, 1.165) is 29.0 Å². The average molecular weight is 276 g/mol. The first-order chi connectivity index (χ1) is 9.08. The Morgan fingerprint density at radius 3 is 2.74 bits per heavy atom. The number of aryl methyl sites for hydroxylation is 2. The third-order valence-electron chi connectivity index (χ3n) is 3.16. The molecule has 1 unspecified atom stereocenters. The molecule has 0 radical (unpaired) electrons. The van der Waals surface area contributed by atoms with Crippen LogP contribution in [0.4, 0.5) is 0 Å². The van der Waals surface area contributed by atoms with Gasteiger partial charge in [-0.3, -0.25) is 0 Å². The zero-order valence-corrected chi connectivity index (χ0v) is 12.5. The van der Waals surface area contributed by atoms with Gasteiger partial charge in [0.2, 0.25) is 0 Å². The van der Waals surface area contributed by atoms with Crippen molar-refractivity contribution in [2.45, 2.75) is 33.2 Å². The molecular formula is C15H20N2OS. The van der Waals surface area contributed by atoms with Crippen LogP contribution in [0.25, 0.3) is 0 Å². The molecule has 0 aliphatic heterocycles. The van der Waals surface area contributed by atoms with Crippen molar-refractivity contribution in [3.05, 3.63) is 45.4 Å². The van der Waals surface area contributed by atoms with Crippen LogP contribution in [0, 0.1) is 13.8 Å². The van der Waals surface area contributed by atoms with Crippen LogP contribution in [0.15, 0.2) is 23.7 Å². The zero-order chi connectivity index (χ0) is 13.8. The molecule has 0 bridgehead atoms. The average Bonchev–Trinajstić information content (AvgIpc) is 2.77. The van der Waals surface area contributed by atoms with Crippen LogP contribution in [0.1, 0.15) is 34.7 Å². The van der Waals surface area contributed by atoms with Crippen molar-refractivity contribution in [2.24, 2.45) is 5.73 Å². The molecule has 0 saturated carbocycles. The standard InChI is InChI=1S/C15H20N2OS/c1-10-8-13(11(2)16)4-5-14(10)18-7-6-15-12(3)17-9-19-15/h4-5,8-9,11H,6-7,16H2,1-3H3. The van der Waals surface area contributed by atoms with Gasteiger partial charge in [0.05, 0.1) is 17.8 Å². The number of thiazole rings is 1. The first-order valence-electron chi connectivity index (χ1n) is 6.46. The summed E-state index contributed by atoms with van der Waals surface area (Å²) in [6.45, 7) is 6.76. The van der Waals surface area contributed by atoms with Crippen LogP contribution in [0.2, 0.25) is 0 Å². The van der Waals surface area contributed by atoms with E-state index in [9.17, 15) is 0 Å². The molecule has 1 atom stereocenters. The smallest absolute Gasteiger partial charge is 0.122 e. The predicted molar refractivity (Wildman–Crippen MR) is 79.8 cm³/mol. The fraction of sp³-hybridized carbons (Fsp3) is 0.400. The number of nitrogens with two attached hydrogens (primary N) is 1. The highest BCUT2D eigenvalue weighted by atomic mass is 32.1. The van der Waals surface area contributed by atoms with Crippen molar-refractivity contribution < 1.29 is 4.74 Å². The minimum absolute atomic E-state index is 0.0626. The van der Waals surface area contributed by atoms with Crippen LogP contribution >= 0.6 is 11.3 Å². The molecule has 0 aliphatic rings. The number of hydrogen-bond acceptors (Lipinski definition) is 4. The maximum Gasteiger partial charge on any atom is 0.122 e. The number of hydrogen-bond donors (Lipinski definition) is 1. The Hall–Kier alpha value is -1.39. The van der Waals surface area contributed by atoms with Crippen LogP contribution in [0.3, 0.4) is 0 Å². The second kappa shape index (κ2) is 6.17. The lowest BCUT2D eigenvalue weighted by Crippen LogP contribution is -2.06. The van der Waals surface area contributed by atoms with Gasteiger partial charge in [-0.25, -0.2) is 4.98 Å². The number of rotatable bonds is 5. The normalized spacial score (nSPS) is 12.4. The van der Waals surface area contributed by atoms with Gasteiger partial charge in [0.15, 0.2) is 0 Å². The van der Waals surface area contributed by atoms with E-state index >= 15 is 0 Å². The van der Waals surface area contributed by atoms with Gasteiger partial charge in [-0.1, -0.05) is 12.1 Å². The fourth-order valence-corrected chi connectivity index (χ4v) is 2.70. The fourth-order valence-electron chi connectivity index (χ4n) is 1.94. The van der Waals surface area contributed by atoms with E-state index in [1.807, 2.05) is 31.5 Å². The highest BCUT2D eigenvalue weighted by Crippen LogP contribution is 2.22. The summed E-state index contributed by atoms with van der Waals surface area (Å²) in [5, 5.41) is 0. The first-order valence-corrected chi connectivity index (χ1v) is 7.34. The summed E-state index contributed by atoms with van der Waals surface area (Å²) < 4.78 is 5.84. The van der Waals surface area contributed by atoms with Gasteiger partial charge in [-0.05, 0) is 38.0 Å². The SMILES string of the molecule is Cc1cc(C(C)N)ccc1OCCc1scnc1C. The summed E-state index contributed by atoms with van der Waals surface area (Å²) in [4.78, 5) is 5.54. The molecule has 19 heavy (non-hydrogen) atoms. The van der Waals surface area contributed by atoms with Gasteiger partial charge in [0, 0.05) is 17.3 Å². The number of nitrogens with zero attached hydrogens (tertiary/aromatic N) is 1. The van der Waals surface area contributed by atoms with Crippen molar-refractivity contribution >= 4 is 11.3 Å². The Morgan fingerprint density at radius 2 is 2.16 bits per heavy atom. The van der Waals surface area contributed by atoms with Gasteiger partial charge in [-0.2, -0.15) is 0 Å². The van der Waals surface area contributed by atoms with E-state index in [0.29, 0.717) is 6.61 Å².